The number of rotatable bonds is 6. The van der Waals surface area contributed by atoms with E-state index in [4.69, 9.17) is 11.6 Å². The van der Waals surface area contributed by atoms with E-state index in [1.54, 1.807) is 30.3 Å². The zero-order valence-corrected chi connectivity index (χ0v) is 15.1. The molecule has 6 heteroatoms. The average Bonchev–Trinajstić information content (AvgIpc) is 2.61. The van der Waals surface area contributed by atoms with Crippen molar-refractivity contribution in [2.75, 3.05) is 5.32 Å². The Morgan fingerprint density at radius 3 is 2.40 bits per heavy atom. The van der Waals surface area contributed by atoms with E-state index in [2.05, 4.69) is 16.0 Å². The summed E-state index contributed by atoms with van der Waals surface area (Å²) >= 11 is 6.05. The van der Waals surface area contributed by atoms with Gasteiger partial charge in [-0.15, -0.1) is 0 Å². The fraction of sp³-hybridized carbons (Fsp3) is 0.263. The summed E-state index contributed by atoms with van der Waals surface area (Å²) in [5, 5.41) is 8.98. The number of amides is 3. The number of hydrogen-bond donors (Lipinski definition) is 3. The minimum absolute atomic E-state index is 0.121. The molecule has 25 heavy (non-hydrogen) atoms. The highest BCUT2D eigenvalue weighted by molar-refractivity contribution is 6.31. The first-order valence-corrected chi connectivity index (χ1v) is 8.56. The molecule has 5 nitrogen and oxygen atoms in total. The summed E-state index contributed by atoms with van der Waals surface area (Å²) in [5.74, 6) is -0.121. The topological polar surface area (TPSA) is 70.2 Å². The van der Waals surface area contributed by atoms with E-state index in [-0.39, 0.29) is 18.0 Å². The van der Waals surface area contributed by atoms with Crippen LogP contribution in [0.2, 0.25) is 5.02 Å². The highest BCUT2D eigenvalue weighted by atomic mass is 35.5. The van der Waals surface area contributed by atoms with Crippen LogP contribution in [0.3, 0.4) is 0 Å². The van der Waals surface area contributed by atoms with Crippen LogP contribution < -0.4 is 16.0 Å². The Labute approximate surface area is 152 Å². The van der Waals surface area contributed by atoms with Crippen LogP contribution >= 0.6 is 11.6 Å². The van der Waals surface area contributed by atoms with Crippen molar-refractivity contribution in [2.24, 2.45) is 0 Å². The molecule has 0 fully saturated rings. The van der Waals surface area contributed by atoms with Crippen molar-refractivity contribution in [3.63, 3.8) is 0 Å². The van der Waals surface area contributed by atoms with Gasteiger partial charge < -0.3 is 16.0 Å². The largest absolute Gasteiger partial charge is 0.350 e. The highest BCUT2D eigenvalue weighted by Gasteiger charge is 2.09. The second-order valence-electron chi connectivity index (χ2n) is 5.76. The minimum Gasteiger partial charge on any atom is -0.350 e. The molecular formula is C19H22ClN3O2. The van der Waals surface area contributed by atoms with Gasteiger partial charge in [-0.1, -0.05) is 36.7 Å². The summed E-state index contributed by atoms with van der Waals surface area (Å²) in [4.78, 5) is 24.0. The maximum atomic E-state index is 12.0. The smallest absolute Gasteiger partial charge is 0.319 e. The van der Waals surface area contributed by atoms with Crippen LogP contribution in [0.4, 0.5) is 10.5 Å². The van der Waals surface area contributed by atoms with E-state index < -0.39 is 0 Å². The molecule has 0 saturated carbocycles. The van der Waals surface area contributed by atoms with Crippen LogP contribution in [0, 0.1) is 0 Å². The lowest BCUT2D eigenvalue weighted by molar-refractivity contribution is 0.0939. The standard InChI is InChI=1S/C19H22ClN3O2/c1-3-13(2)22-18(24)14-8-10-16(11-9-14)23-19(25)21-12-15-6-4-5-7-17(15)20/h4-11,13H,3,12H2,1-2H3,(H,22,24)(H2,21,23,25). The van der Waals surface area contributed by atoms with Crippen LogP contribution in [0.5, 0.6) is 0 Å². The molecule has 2 rings (SSSR count). The zero-order chi connectivity index (χ0) is 18.2. The van der Waals surface area contributed by atoms with Crippen molar-refractivity contribution in [3.8, 4) is 0 Å². The summed E-state index contributed by atoms with van der Waals surface area (Å²) in [6, 6.07) is 13.9. The van der Waals surface area contributed by atoms with E-state index in [1.165, 1.54) is 0 Å². The molecule has 3 amide bonds. The molecule has 0 bridgehead atoms. The third-order valence-electron chi connectivity index (χ3n) is 3.79. The predicted molar refractivity (Wildman–Crippen MR) is 101 cm³/mol. The molecule has 0 saturated heterocycles. The number of carbonyl (C=O) groups excluding carboxylic acids is 2. The van der Waals surface area contributed by atoms with Crippen molar-refractivity contribution in [2.45, 2.75) is 32.9 Å². The van der Waals surface area contributed by atoms with Gasteiger partial charge in [0.1, 0.15) is 0 Å². The molecule has 0 aliphatic carbocycles. The molecule has 2 aromatic carbocycles. The van der Waals surface area contributed by atoms with E-state index in [1.807, 2.05) is 32.0 Å². The summed E-state index contributed by atoms with van der Waals surface area (Å²) < 4.78 is 0. The van der Waals surface area contributed by atoms with Crippen molar-refractivity contribution in [1.82, 2.24) is 10.6 Å². The molecule has 1 atom stereocenters. The molecule has 0 radical (unpaired) electrons. The normalized spacial score (nSPS) is 11.5. The Balaban J connectivity index is 1.87. The second-order valence-corrected chi connectivity index (χ2v) is 6.17. The van der Waals surface area contributed by atoms with Crippen LogP contribution in [0.25, 0.3) is 0 Å². The van der Waals surface area contributed by atoms with Gasteiger partial charge in [-0.05, 0) is 49.2 Å². The number of benzene rings is 2. The first kappa shape index (κ1) is 18.8. The summed E-state index contributed by atoms with van der Waals surface area (Å²) in [6.07, 6.45) is 0.872. The summed E-state index contributed by atoms with van der Waals surface area (Å²) in [6.45, 7) is 4.30. The fourth-order valence-corrected chi connectivity index (χ4v) is 2.31. The molecule has 0 aliphatic heterocycles. The lowest BCUT2D eigenvalue weighted by Gasteiger charge is -2.12. The molecule has 0 aliphatic rings. The van der Waals surface area contributed by atoms with Gasteiger partial charge in [0.15, 0.2) is 0 Å². The molecule has 2 aromatic rings. The van der Waals surface area contributed by atoms with Crippen molar-refractivity contribution >= 4 is 29.2 Å². The van der Waals surface area contributed by atoms with Gasteiger partial charge in [0.25, 0.3) is 5.91 Å². The van der Waals surface area contributed by atoms with Gasteiger partial charge in [-0.25, -0.2) is 4.79 Å². The number of urea groups is 1. The summed E-state index contributed by atoms with van der Waals surface area (Å²) in [7, 11) is 0. The van der Waals surface area contributed by atoms with Gasteiger partial charge in [0.2, 0.25) is 0 Å². The lowest BCUT2D eigenvalue weighted by Crippen LogP contribution is -2.32. The van der Waals surface area contributed by atoms with E-state index in [0.717, 1.165) is 12.0 Å². The predicted octanol–water partition coefficient (Wildman–Crippen LogP) is 4.19. The van der Waals surface area contributed by atoms with Crippen molar-refractivity contribution < 1.29 is 9.59 Å². The Bertz CT molecular complexity index is 732. The number of nitrogens with one attached hydrogen (secondary N) is 3. The molecule has 1 unspecified atom stereocenters. The van der Waals surface area contributed by atoms with Crippen molar-refractivity contribution in [1.29, 1.82) is 0 Å². The molecule has 0 heterocycles. The molecule has 3 N–H and O–H groups in total. The van der Waals surface area contributed by atoms with Gasteiger partial charge >= 0.3 is 6.03 Å². The van der Waals surface area contributed by atoms with Crippen LogP contribution in [-0.4, -0.2) is 18.0 Å². The first-order chi connectivity index (χ1) is 12.0. The maximum Gasteiger partial charge on any atom is 0.319 e. The van der Waals surface area contributed by atoms with Crippen LogP contribution in [0.15, 0.2) is 48.5 Å². The maximum absolute atomic E-state index is 12.0. The quantitative estimate of drug-likeness (QED) is 0.723. The summed E-state index contributed by atoms with van der Waals surface area (Å²) in [5.41, 5.74) is 2.01. The number of carbonyl (C=O) groups is 2. The van der Waals surface area contributed by atoms with Gasteiger partial charge in [-0.3, -0.25) is 4.79 Å². The van der Waals surface area contributed by atoms with Crippen LogP contribution in [0.1, 0.15) is 36.2 Å². The van der Waals surface area contributed by atoms with Crippen LogP contribution in [-0.2, 0) is 6.54 Å². The Kier molecular flexibility index (Phi) is 6.83. The monoisotopic (exact) mass is 359 g/mol. The average molecular weight is 360 g/mol. The van der Waals surface area contributed by atoms with Crippen molar-refractivity contribution in [3.05, 3.63) is 64.7 Å². The number of anilines is 1. The fourth-order valence-electron chi connectivity index (χ4n) is 2.11. The number of hydrogen-bond acceptors (Lipinski definition) is 2. The van der Waals surface area contributed by atoms with Gasteiger partial charge in [0.05, 0.1) is 0 Å². The second kappa shape index (κ2) is 9.08. The molecule has 0 aromatic heterocycles. The van der Waals surface area contributed by atoms with Gasteiger partial charge in [-0.2, -0.15) is 0 Å². The SMILES string of the molecule is CCC(C)NC(=O)c1ccc(NC(=O)NCc2ccccc2Cl)cc1. The first-order valence-electron chi connectivity index (χ1n) is 8.18. The van der Waals surface area contributed by atoms with Gasteiger partial charge in [0, 0.05) is 28.9 Å². The molecule has 0 spiro atoms. The zero-order valence-electron chi connectivity index (χ0n) is 14.3. The van der Waals surface area contributed by atoms with E-state index in [9.17, 15) is 9.59 Å². The Morgan fingerprint density at radius 1 is 1.08 bits per heavy atom. The number of halogens is 1. The Hall–Kier alpha value is -2.53. The third-order valence-corrected chi connectivity index (χ3v) is 4.16. The molecule has 132 valence electrons. The van der Waals surface area contributed by atoms with E-state index >= 15 is 0 Å². The third kappa shape index (κ3) is 5.80. The highest BCUT2D eigenvalue weighted by Crippen LogP contribution is 2.14. The minimum atomic E-state index is -0.336. The lowest BCUT2D eigenvalue weighted by atomic mass is 10.1. The Morgan fingerprint density at radius 2 is 1.76 bits per heavy atom. The molecular weight excluding hydrogens is 338 g/mol. The van der Waals surface area contributed by atoms with E-state index in [0.29, 0.717) is 22.8 Å².